The largest absolute Gasteiger partial charge is 0.491 e. The number of rotatable bonds is 12. The van der Waals surface area contributed by atoms with Crippen LogP contribution in [0.1, 0.15) is 56.0 Å². The summed E-state index contributed by atoms with van der Waals surface area (Å²) in [5, 5.41) is 2.99. The van der Waals surface area contributed by atoms with Gasteiger partial charge in [0.05, 0.1) is 17.6 Å². The normalized spacial score (nSPS) is 11.1. The van der Waals surface area contributed by atoms with Crippen molar-refractivity contribution in [2.45, 2.75) is 65.8 Å². The van der Waals surface area contributed by atoms with Crippen LogP contribution in [0.3, 0.4) is 0 Å². The van der Waals surface area contributed by atoms with Gasteiger partial charge in [-0.3, -0.25) is 4.79 Å². The fourth-order valence-electron chi connectivity index (χ4n) is 3.80. The first-order chi connectivity index (χ1) is 15.1. The Morgan fingerprint density at radius 3 is 2.77 bits per heavy atom. The lowest BCUT2D eigenvalue weighted by atomic mass is 10.1. The number of aryl methyl sites for hydroxylation is 3. The zero-order valence-electron chi connectivity index (χ0n) is 19.1. The average Bonchev–Trinajstić information content (AvgIpc) is 3.11. The van der Waals surface area contributed by atoms with Gasteiger partial charge in [0.25, 0.3) is 0 Å². The fourth-order valence-corrected chi connectivity index (χ4v) is 3.80. The van der Waals surface area contributed by atoms with E-state index in [2.05, 4.69) is 60.1 Å². The van der Waals surface area contributed by atoms with E-state index in [4.69, 9.17) is 9.72 Å². The highest BCUT2D eigenvalue weighted by Gasteiger charge is 2.11. The number of carbonyl (C=O) groups excluding carboxylic acids is 1. The molecule has 2 aromatic carbocycles. The second kappa shape index (κ2) is 11.5. The number of fused-ring (bicyclic) bond motifs is 1. The minimum absolute atomic E-state index is 0.160. The number of para-hydroxylation sites is 2. The maximum atomic E-state index is 11.5. The molecule has 31 heavy (non-hydrogen) atoms. The Labute approximate surface area is 185 Å². The minimum atomic E-state index is 0.160. The van der Waals surface area contributed by atoms with E-state index in [1.165, 1.54) is 5.56 Å². The van der Waals surface area contributed by atoms with Crippen molar-refractivity contribution in [2.75, 3.05) is 13.2 Å². The third-order valence-electron chi connectivity index (χ3n) is 5.53. The van der Waals surface area contributed by atoms with Gasteiger partial charge in [-0.1, -0.05) is 37.6 Å². The summed E-state index contributed by atoms with van der Waals surface area (Å²) in [6.45, 7) is 8.34. The van der Waals surface area contributed by atoms with Gasteiger partial charge >= 0.3 is 0 Å². The molecule has 3 aromatic rings. The van der Waals surface area contributed by atoms with Gasteiger partial charge in [-0.2, -0.15) is 0 Å². The predicted octanol–water partition coefficient (Wildman–Crippen LogP) is 5.36. The van der Waals surface area contributed by atoms with Crippen LogP contribution in [0, 0.1) is 13.8 Å². The molecular weight excluding hydrogens is 386 g/mol. The summed E-state index contributed by atoms with van der Waals surface area (Å²) >= 11 is 0. The van der Waals surface area contributed by atoms with Crippen LogP contribution < -0.4 is 10.1 Å². The molecule has 1 aromatic heterocycles. The summed E-state index contributed by atoms with van der Waals surface area (Å²) in [5.74, 6) is 2.23. The highest BCUT2D eigenvalue weighted by Crippen LogP contribution is 2.21. The van der Waals surface area contributed by atoms with Crippen LogP contribution >= 0.6 is 0 Å². The van der Waals surface area contributed by atoms with Crippen molar-refractivity contribution in [3.8, 4) is 5.75 Å². The molecule has 1 N–H and O–H groups in total. The highest BCUT2D eigenvalue weighted by molar-refractivity contribution is 5.76. The molecule has 0 spiro atoms. The molecule has 1 heterocycles. The van der Waals surface area contributed by atoms with E-state index in [1.54, 1.807) is 0 Å². The molecule has 5 nitrogen and oxygen atoms in total. The number of hydrogen-bond donors (Lipinski definition) is 1. The van der Waals surface area contributed by atoms with Gasteiger partial charge in [0.2, 0.25) is 5.91 Å². The van der Waals surface area contributed by atoms with Crippen LogP contribution in [0.15, 0.2) is 42.5 Å². The number of amides is 1. The molecule has 166 valence electrons. The van der Waals surface area contributed by atoms with E-state index in [1.807, 2.05) is 13.0 Å². The summed E-state index contributed by atoms with van der Waals surface area (Å²) in [6.07, 6.45) is 5.59. The monoisotopic (exact) mass is 421 g/mol. The van der Waals surface area contributed by atoms with Crippen LogP contribution in [0.4, 0.5) is 0 Å². The van der Waals surface area contributed by atoms with Crippen molar-refractivity contribution < 1.29 is 9.53 Å². The maximum absolute atomic E-state index is 11.5. The number of benzene rings is 2. The molecule has 0 atom stereocenters. The first kappa shape index (κ1) is 22.9. The minimum Gasteiger partial charge on any atom is -0.491 e. The highest BCUT2D eigenvalue weighted by atomic mass is 16.5. The van der Waals surface area contributed by atoms with Gasteiger partial charge in [-0.15, -0.1) is 0 Å². The molecule has 0 radical (unpaired) electrons. The van der Waals surface area contributed by atoms with Gasteiger partial charge in [0, 0.05) is 19.4 Å². The van der Waals surface area contributed by atoms with Crippen molar-refractivity contribution in [1.29, 1.82) is 0 Å². The maximum Gasteiger partial charge on any atom is 0.219 e. The lowest BCUT2D eigenvalue weighted by molar-refractivity contribution is -0.121. The second-order valence-corrected chi connectivity index (χ2v) is 8.20. The Morgan fingerprint density at radius 1 is 1.10 bits per heavy atom. The number of unbranched alkanes of at least 4 members (excludes halogenated alkanes) is 2. The Balaban J connectivity index is 1.56. The molecule has 0 aliphatic carbocycles. The zero-order valence-corrected chi connectivity index (χ0v) is 19.1. The summed E-state index contributed by atoms with van der Waals surface area (Å²) in [5.41, 5.74) is 4.57. The number of aromatic nitrogens is 2. The molecule has 0 aliphatic heterocycles. The molecule has 3 rings (SSSR count). The lowest BCUT2D eigenvalue weighted by Gasteiger charge is -2.13. The number of nitrogens with zero attached hydrogens (tertiary/aromatic N) is 2. The van der Waals surface area contributed by atoms with Crippen LogP contribution in [-0.4, -0.2) is 28.6 Å². The summed E-state index contributed by atoms with van der Waals surface area (Å²) in [6, 6.07) is 14.6. The van der Waals surface area contributed by atoms with Gasteiger partial charge in [-0.25, -0.2) is 4.98 Å². The topological polar surface area (TPSA) is 56.2 Å². The predicted molar refractivity (Wildman–Crippen MR) is 127 cm³/mol. The third-order valence-corrected chi connectivity index (χ3v) is 5.53. The molecule has 1 amide bonds. The van der Waals surface area contributed by atoms with Crippen molar-refractivity contribution >= 4 is 16.9 Å². The zero-order chi connectivity index (χ0) is 22.1. The van der Waals surface area contributed by atoms with E-state index in [-0.39, 0.29) is 5.91 Å². The van der Waals surface area contributed by atoms with Crippen molar-refractivity contribution in [2.24, 2.45) is 0 Å². The number of ether oxygens (including phenoxy) is 1. The molecule has 0 saturated heterocycles. The SMILES string of the molecule is CCCC(=O)NCCCCCc1nc2ccccc2n1CCOc1cc(C)ccc1C. The number of nitrogens with one attached hydrogen (secondary N) is 1. The van der Waals surface area contributed by atoms with Crippen molar-refractivity contribution in [1.82, 2.24) is 14.9 Å². The van der Waals surface area contributed by atoms with E-state index in [0.717, 1.165) is 73.4 Å². The Morgan fingerprint density at radius 2 is 1.94 bits per heavy atom. The standard InChI is InChI=1S/C26H35N3O2/c1-4-10-26(30)27-16-9-5-6-13-25-28-22-11-7-8-12-23(22)29(25)17-18-31-24-19-20(2)14-15-21(24)3/h7-8,11-12,14-15,19H,4-6,9-10,13,16-18H2,1-3H3,(H,27,30). The van der Waals surface area contributed by atoms with Crippen LogP contribution in [-0.2, 0) is 17.8 Å². The molecule has 0 aliphatic rings. The molecule has 0 bridgehead atoms. The summed E-state index contributed by atoms with van der Waals surface area (Å²) < 4.78 is 8.40. The lowest BCUT2D eigenvalue weighted by Crippen LogP contribution is -2.23. The van der Waals surface area contributed by atoms with Crippen molar-refractivity contribution in [3.05, 3.63) is 59.4 Å². The number of carbonyl (C=O) groups is 1. The average molecular weight is 422 g/mol. The van der Waals surface area contributed by atoms with Gasteiger partial charge < -0.3 is 14.6 Å². The van der Waals surface area contributed by atoms with E-state index < -0.39 is 0 Å². The quantitative estimate of drug-likeness (QED) is 0.401. The van der Waals surface area contributed by atoms with Crippen molar-refractivity contribution in [3.63, 3.8) is 0 Å². The Kier molecular flexibility index (Phi) is 8.51. The van der Waals surface area contributed by atoms with Crippen LogP contribution in [0.2, 0.25) is 0 Å². The second-order valence-electron chi connectivity index (χ2n) is 8.20. The Hall–Kier alpha value is -2.82. The van der Waals surface area contributed by atoms with Gasteiger partial charge in [0.1, 0.15) is 18.2 Å². The molecule has 0 unspecified atom stereocenters. The van der Waals surface area contributed by atoms with E-state index >= 15 is 0 Å². The number of hydrogen-bond acceptors (Lipinski definition) is 3. The van der Waals surface area contributed by atoms with Gasteiger partial charge in [0.15, 0.2) is 0 Å². The smallest absolute Gasteiger partial charge is 0.219 e. The van der Waals surface area contributed by atoms with Crippen LogP contribution in [0.25, 0.3) is 11.0 Å². The Bertz CT molecular complexity index is 993. The third kappa shape index (κ3) is 6.58. The first-order valence-corrected chi connectivity index (χ1v) is 11.5. The summed E-state index contributed by atoms with van der Waals surface area (Å²) in [4.78, 5) is 16.4. The van der Waals surface area contributed by atoms with E-state index in [9.17, 15) is 4.79 Å². The molecular formula is C26H35N3O2. The molecule has 0 saturated carbocycles. The van der Waals surface area contributed by atoms with Crippen LogP contribution in [0.5, 0.6) is 5.75 Å². The molecule has 0 fully saturated rings. The first-order valence-electron chi connectivity index (χ1n) is 11.5. The summed E-state index contributed by atoms with van der Waals surface area (Å²) in [7, 11) is 0. The molecule has 5 heteroatoms. The van der Waals surface area contributed by atoms with E-state index in [0.29, 0.717) is 13.0 Å². The fraction of sp³-hybridized carbons (Fsp3) is 0.462. The number of imidazole rings is 1. The van der Waals surface area contributed by atoms with Gasteiger partial charge in [-0.05, 0) is 62.4 Å².